The Balaban J connectivity index is 2.48. The number of hydrogen-bond donors (Lipinski definition) is 2. The monoisotopic (exact) mass is 204 g/mol. The molecule has 0 aliphatic rings. The van der Waals surface area contributed by atoms with Crippen molar-refractivity contribution in [2.75, 3.05) is 13.1 Å². The van der Waals surface area contributed by atoms with E-state index in [-0.39, 0.29) is 12.0 Å². The quantitative estimate of drug-likeness (QED) is 0.759. The lowest BCUT2D eigenvalue weighted by Crippen LogP contribution is -2.28. The highest BCUT2D eigenvalue weighted by Gasteiger charge is 2.09. The van der Waals surface area contributed by atoms with Crippen molar-refractivity contribution < 1.29 is 5.11 Å². The highest BCUT2D eigenvalue weighted by molar-refractivity contribution is 5.24. The molecule has 1 aromatic rings. The Morgan fingerprint density at radius 1 is 1.33 bits per heavy atom. The minimum absolute atomic E-state index is 0.148. The molecule has 2 atom stereocenters. The molecule has 0 amide bonds. The summed E-state index contributed by atoms with van der Waals surface area (Å²) in [6.45, 7) is 2.81. The minimum Gasteiger partial charge on any atom is -0.392 e. The molecule has 3 nitrogen and oxygen atoms in total. The van der Waals surface area contributed by atoms with Crippen molar-refractivity contribution in [1.29, 1.82) is 5.26 Å². The molecule has 3 heteroatoms. The summed E-state index contributed by atoms with van der Waals surface area (Å²) in [5, 5.41) is 21.1. The zero-order valence-electron chi connectivity index (χ0n) is 8.85. The summed E-state index contributed by atoms with van der Waals surface area (Å²) in [4.78, 5) is 0. The predicted octanol–water partition coefficient (Wildman–Crippen LogP) is 1.26. The second kappa shape index (κ2) is 6.18. The summed E-state index contributed by atoms with van der Waals surface area (Å²) < 4.78 is 0. The third-order valence-electron chi connectivity index (χ3n) is 2.15. The molecule has 0 heterocycles. The van der Waals surface area contributed by atoms with E-state index in [0.29, 0.717) is 13.1 Å². The van der Waals surface area contributed by atoms with E-state index < -0.39 is 0 Å². The van der Waals surface area contributed by atoms with E-state index in [0.717, 1.165) is 5.56 Å². The Kier molecular flexibility index (Phi) is 4.82. The van der Waals surface area contributed by atoms with Gasteiger partial charge in [-0.2, -0.15) is 5.26 Å². The van der Waals surface area contributed by atoms with Crippen LogP contribution in [0.1, 0.15) is 18.4 Å². The SMILES string of the molecule is CC(O)CNCC(C#N)c1ccccc1. The number of aliphatic hydroxyl groups is 1. The van der Waals surface area contributed by atoms with Gasteiger partial charge in [-0.25, -0.2) is 0 Å². The normalized spacial score (nSPS) is 14.2. The molecule has 0 radical (unpaired) electrons. The van der Waals surface area contributed by atoms with Gasteiger partial charge in [-0.15, -0.1) is 0 Å². The Morgan fingerprint density at radius 3 is 2.53 bits per heavy atom. The van der Waals surface area contributed by atoms with E-state index >= 15 is 0 Å². The average molecular weight is 204 g/mol. The number of nitriles is 1. The molecule has 0 spiro atoms. The maximum absolute atomic E-state index is 9.06. The van der Waals surface area contributed by atoms with Gasteiger partial charge in [-0.3, -0.25) is 0 Å². The van der Waals surface area contributed by atoms with Gasteiger partial charge in [-0.05, 0) is 12.5 Å². The van der Waals surface area contributed by atoms with Crippen LogP contribution in [-0.4, -0.2) is 24.3 Å². The fraction of sp³-hybridized carbons (Fsp3) is 0.417. The first kappa shape index (κ1) is 11.7. The summed E-state index contributed by atoms with van der Waals surface area (Å²) in [5.74, 6) is -0.148. The van der Waals surface area contributed by atoms with Crippen LogP contribution >= 0.6 is 0 Å². The lowest BCUT2D eigenvalue weighted by atomic mass is 10.0. The van der Waals surface area contributed by atoms with Crippen molar-refractivity contribution in [1.82, 2.24) is 5.32 Å². The minimum atomic E-state index is -0.375. The highest BCUT2D eigenvalue weighted by Crippen LogP contribution is 2.12. The van der Waals surface area contributed by atoms with Crippen LogP contribution in [0, 0.1) is 11.3 Å². The summed E-state index contributed by atoms with van der Waals surface area (Å²) in [5.41, 5.74) is 1.01. The lowest BCUT2D eigenvalue weighted by molar-refractivity contribution is 0.191. The Morgan fingerprint density at radius 2 is 2.00 bits per heavy atom. The molecule has 0 bridgehead atoms. The van der Waals surface area contributed by atoms with Crippen molar-refractivity contribution in [3.05, 3.63) is 35.9 Å². The molecule has 0 saturated carbocycles. The number of aliphatic hydroxyl groups excluding tert-OH is 1. The van der Waals surface area contributed by atoms with Crippen LogP contribution in [0.5, 0.6) is 0 Å². The predicted molar refractivity (Wildman–Crippen MR) is 59.3 cm³/mol. The number of benzene rings is 1. The summed E-state index contributed by atoms with van der Waals surface area (Å²) >= 11 is 0. The van der Waals surface area contributed by atoms with Crippen molar-refractivity contribution in [3.8, 4) is 6.07 Å². The second-order valence-corrected chi connectivity index (χ2v) is 3.60. The molecule has 1 aromatic carbocycles. The van der Waals surface area contributed by atoms with Crippen molar-refractivity contribution in [3.63, 3.8) is 0 Å². The smallest absolute Gasteiger partial charge is 0.0837 e. The Hall–Kier alpha value is -1.37. The maximum atomic E-state index is 9.06. The van der Waals surface area contributed by atoms with Crippen LogP contribution in [0.4, 0.5) is 0 Å². The first-order chi connectivity index (χ1) is 7.24. The van der Waals surface area contributed by atoms with Crippen LogP contribution in [0.3, 0.4) is 0 Å². The molecule has 0 aliphatic heterocycles. The van der Waals surface area contributed by atoms with Gasteiger partial charge in [0.05, 0.1) is 18.1 Å². The lowest BCUT2D eigenvalue weighted by Gasteiger charge is -2.11. The molecule has 0 fully saturated rings. The van der Waals surface area contributed by atoms with E-state index in [1.54, 1.807) is 6.92 Å². The molecule has 0 saturated heterocycles. The number of rotatable bonds is 5. The molecule has 1 rings (SSSR count). The topological polar surface area (TPSA) is 56.0 Å². The molecule has 0 aliphatic carbocycles. The van der Waals surface area contributed by atoms with E-state index in [1.165, 1.54) is 0 Å². The first-order valence-electron chi connectivity index (χ1n) is 5.07. The zero-order chi connectivity index (χ0) is 11.1. The van der Waals surface area contributed by atoms with Gasteiger partial charge in [0.2, 0.25) is 0 Å². The third-order valence-corrected chi connectivity index (χ3v) is 2.15. The fourth-order valence-corrected chi connectivity index (χ4v) is 1.36. The molecule has 80 valence electrons. The van der Waals surface area contributed by atoms with Crippen molar-refractivity contribution in [2.24, 2.45) is 0 Å². The van der Waals surface area contributed by atoms with Crippen LogP contribution in [-0.2, 0) is 0 Å². The zero-order valence-corrected chi connectivity index (χ0v) is 8.85. The Bertz CT molecular complexity index is 316. The number of nitrogens with one attached hydrogen (secondary N) is 1. The van der Waals surface area contributed by atoms with Gasteiger partial charge in [0.1, 0.15) is 0 Å². The largest absolute Gasteiger partial charge is 0.392 e. The van der Waals surface area contributed by atoms with Gasteiger partial charge in [0.25, 0.3) is 0 Å². The number of nitrogens with zero attached hydrogens (tertiary/aromatic N) is 1. The fourth-order valence-electron chi connectivity index (χ4n) is 1.36. The highest BCUT2D eigenvalue weighted by atomic mass is 16.3. The van der Waals surface area contributed by atoms with Gasteiger partial charge in [-0.1, -0.05) is 30.3 Å². The van der Waals surface area contributed by atoms with E-state index in [2.05, 4.69) is 11.4 Å². The molecule has 2 N–H and O–H groups in total. The molecule has 0 aromatic heterocycles. The standard InChI is InChI=1S/C12H16N2O/c1-10(15)8-14-9-12(7-13)11-5-3-2-4-6-11/h2-6,10,12,14-15H,8-9H2,1H3. The van der Waals surface area contributed by atoms with Gasteiger partial charge >= 0.3 is 0 Å². The maximum Gasteiger partial charge on any atom is 0.0837 e. The van der Waals surface area contributed by atoms with E-state index in [1.807, 2.05) is 30.3 Å². The summed E-state index contributed by atoms with van der Waals surface area (Å²) in [7, 11) is 0. The third kappa shape index (κ3) is 4.11. The summed E-state index contributed by atoms with van der Waals surface area (Å²) in [6.07, 6.45) is -0.375. The van der Waals surface area contributed by atoms with Crippen LogP contribution in [0.2, 0.25) is 0 Å². The first-order valence-corrected chi connectivity index (χ1v) is 5.07. The van der Waals surface area contributed by atoms with Gasteiger partial charge < -0.3 is 10.4 Å². The molecule has 2 unspecified atom stereocenters. The summed E-state index contributed by atoms with van der Waals surface area (Å²) in [6, 6.07) is 11.9. The molecule has 15 heavy (non-hydrogen) atoms. The van der Waals surface area contributed by atoms with Crippen LogP contribution in [0.25, 0.3) is 0 Å². The Labute approximate surface area is 90.4 Å². The number of hydrogen-bond acceptors (Lipinski definition) is 3. The van der Waals surface area contributed by atoms with Gasteiger partial charge in [0, 0.05) is 13.1 Å². The van der Waals surface area contributed by atoms with E-state index in [9.17, 15) is 0 Å². The van der Waals surface area contributed by atoms with E-state index in [4.69, 9.17) is 10.4 Å². The van der Waals surface area contributed by atoms with Crippen LogP contribution < -0.4 is 5.32 Å². The molecular weight excluding hydrogens is 188 g/mol. The van der Waals surface area contributed by atoms with Crippen LogP contribution in [0.15, 0.2) is 30.3 Å². The van der Waals surface area contributed by atoms with Gasteiger partial charge in [0.15, 0.2) is 0 Å². The molecular formula is C12H16N2O. The second-order valence-electron chi connectivity index (χ2n) is 3.60. The van der Waals surface area contributed by atoms with Crippen molar-refractivity contribution in [2.45, 2.75) is 18.9 Å². The average Bonchev–Trinajstić information content (AvgIpc) is 2.25. The van der Waals surface area contributed by atoms with Crippen molar-refractivity contribution >= 4 is 0 Å².